The summed E-state index contributed by atoms with van der Waals surface area (Å²) in [7, 11) is 1.97. The Balaban J connectivity index is 2.44. The first-order valence-electron chi connectivity index (χ1n) is 6.97. The fourth-order valence-electron chi connectivity index (χ4n) is 1.80. The summed E-state index contributed by atoms with van der Waals surface area (Å²) in [6.45, 7) is 6.96. The van der Waals surface area contributed by atoms with Gasteiger partial charge in [0.1, 0.15) is 0 Å². The van der Waals surface area contributed by atoms with Crippen molar-refractivity contribution in [2.45, 2.75) is 13.3 Å². The van der Waals surface area contributed by atoms with Gasteiger partial charge in [-0.15, -0.1) is 0 Å². The smallest absolute Gasteiger partial charge is 0.338 e. The van der Waals surface area contributed by atoms with Crippen molar-refractivity contribution in [1.82, 2.24) is 5.32 Å². The van der Waals surface area contributed by atoms with Crippen LogP contribution in [0, 0.1) is 0 Å². The number of carbonyl (C=O) groups is 2. The van der Waals surface area contributed by atoms with Crippen molar-refractivity contribution in [2.24, 2.45) is 0 Å². The van der Waals surface area contributed by atoms with Gasteiger partial charge in [0.15, 0.2) is 0 Å². The molecule has 0 heterocycles. The van der Waals surface area contributed by atoms with E-state index in [1.54, 1.807) is 19.1 Å². The largest absolute Gasteiger partial charge is 0.462 e. The highest BCUT2D eigenvalue weighted by molar-refractivity contribution is 5.89. The predicted molar refractivity (Wildman–Crippen MR) is 83.5 cm³/mol. The summed E-state index contributed by atoms with van der Waals surface area (Å²) in [4.78, 5) is 24.6. The van der Waals surface area contributed by atoms with E-state index in [-0.39, 0.29) is 11.9 Å². The summed E-state index contributed by atoms with van der Waals surface area (Å²) in [5.74, 6) is -0.463. The molecule has 1 aromatic carbocycles. The Bertz CT molecular complexity index is 483. The van der Waals surface area contributed by atoms with Gasteiger partial charge in [-0.3, -0.25) is 4.79 Å². The van der Waals surface area contributed by atoms with Gasteiger partial charge in [0, 0.05) is 25.8 Å². The lowest BCUT2D eigenvalue weighted by molar-refractivity contribution is -0.116. The van der Waals surface area contributed by atoms with E-state index in [0.29, 0.717) is 18.7 Å². The van der Waals surface area contributed by atoms with E-state index in [1.807, 2.05) is 19.2 Å². The van der Waals surface area contributed by atoms with Crippen LogP contribution < -0.4 is 10.2 Å². The number of esters is 1. The van der Waals surface area contributed by atoms with Crippen LogP contribution >= 0.6 is 0 Å². The van der Waals surface area contributed by atoms with Crippen molar-refractivity contribution in [3.05, 3.63) is 42.5 Å². The van der Waals surface area contributed by atoms with Gasteiger partial charge < -0.3 is 15.0 Å². The number of rotatable bonds is 8. The molecule has 5 nitrogen and oxygen atoms in total. The third kappa shape index (κ3) is 5.69. The van der Waals surface area contributed by atoms with Crippen molar-refractivity contribution >= 4 is 17.6 Å². The van der Waals surface area contributed by atoms with Crippen molar-refractivity contribution in [1.29, 1.82) is 0 Å². The first-order chi connectivity index (χ1) is 10.1. The number of amides is 1. The minimum Gasteiger partial charge on any atom is -0.462 e. The molecular formula is C16H22N2O3. The minimum absolute atomic E-state index is 0.156. The Morgan fingerprint density at radius 1 is 1.33 bits per heavy atom. The molecule has 1 aromatic rings. The Hall–Kier alpha value is -2.30. The minimum atomic E-state index is -0.307. The van der Waals surface area contributed by atoms with E-state index in [9.17, 15) is 9.59 Å². The Morgan fingerprint density at radius 3 is 2.57 bits per heavy atom. The van der Waals surface area contributed by atoms with Gasteiger partial charge in [-0.25, -0.2) is 4.79 Å². The van der Waals surface area contributed by atoms with Crippen LogP contribution in [0.4, 0.5) is 5.69 Å². The summed E-state index contributed by atoms with van der Waals surface area (Å²) in [5.41, 5.74) is 1.56. The van der Waals surface area contributed by atoms with Crippen LogP contribution in [0.3, 0.4) is 0 Å². The Labute approximate surface area is 125 Å². The molecule has 0 fully saturated rings. The topological polar surface area (TPSA) is 58.6 Å². The molecule has 0 saturated carbocycles. The average molecular weight is 290 g/mol. The van der Waals surface area contributed by atoms with Gasteiger partial charge >= 0.3 is 5.97 Å². The van der Waals surface area contributed by atoms with Crippen molar-refractivity contribution in [3.63, 3.8) is 0 Å². The van der Waals surface area contributed by atoms with Gasteiger partial charge in [-0.2, -0.15) is 0 Å². The van der Waals surface area contributed by atoms with E-state index in [2.05, 4.69) is 16.8 Å². The maximum absolute atomic E-state index is 11.5. The number of ether oxygens (including phenoxy) is 1. The molecule has 1 rings (SSSR count). The monoisotopic (exact) mass is 290 g/mol. The molecule has 21 heavy (non-hydrogen) atoms. The third-order valence-corrected chi connectivity index (χ3v) is 2.97. The fourth-order valence-corrected chi connectivity index (χ4v) is 1.80. The number of benzene rings is 1. The number of nitrogens with one attached hydrogen (secondary N) is 1. The molecule has 0 aliphatic heterocycles. The lowest BCUT2D eigenvalue weighted by Gasteiger charge is -2.19. The molecular weight excluding hydrogens is 268 g/mol. The summed E-state index contributed by atoms with van der Waals surface area (Å²) >= 11 is 0. The van der Waals surface area contributed by atoms with Crippen LogP contribution in [-0.2, 0) is 9.53 Å². The Kier molecular flexibility index (Phi) is 7.01. The molecule has 0 aliphatic rings. The molecule has 1 amide bonds. The molecule has 0 aromatic heterocycles. The van der Waals surface area contributed by atoms with Crippen LogP contribution in [0.2, 0.25) is 0 Å². The highest BCUT2D eigenvalue weighted by Gasteiger charge is 2.07. The number of hydrogen-bond acceptors (Lipinski definition) is 4. The molecule has 0 radical (unpaired) electrons. The molecule has 0 unspecified atom stereocenters. The summed E-state index contributed by atoms with van der Waals surface area (Å²) < 4.78 is 4.94. The molecule has 0 aliphatic carbocycles. The van der Waals surface area contributed by atoms with Crippen molar-refractivity contribution in [2.75, 3.05) is 31.6 Å². The fraction of sp³-hybridized carbons (Fsp3) is 0.375. The maximum atomic E-state index is 11.5. The van der Waals surface area contributed by atoms with E-state index in [1.165, 1.54) is 6.08 Å². The van der Waals surface area contributed by atoms with Gasteiger partial charge in [0.25, 0.3) is 0 Å². The summed E-state index contributed by atoms with van der Waals surface area (Å²) in [6.07, 6.45) is 2.09. The van der Waals surface area contributed by atoms with E-state index < -0.39 is 0 Å². The van der Waals surface area contributed by atoms with Gasteiger partial charge in [-0.1, -0.05) is 6.58 Å². The lowest BCUT2D eigenvalue weighted by atomic mass is 10.2. The summed E-state index contributed by atoms with van der Waals surface area (Å²) in [6, 6.07) is 7.27. The lowest BCUT2D eigenvalue weighted by Crippen LogP contribution is -2.26. The number of carbonyl (C=O) groups excluding carboxylic acids is 2. The van der Waals surface area contributed by atoms with E-state index in [0.717, 1.165) is 18.7 Å². The molecule has 114 valence electrons. The predicted octanol–water partition coefficient (Wildman–Crippen LogP) is 1.99. The number of hydrogen-bond donors (Lipinski definition) is 1. The zero-order valence-electron chi connectivity index (χ0n) is 12.6. The van der Waals surface area contributed by atoms with Crippen molar-refractivity contribution in [3.8, 4) is 0 Å². The average Bonchev–Trinajstić information content (AvgIpc) is 2.51. The van der Waals surface area contributed by atoms with Gasteiger partial charge in [-0.05, 0) is 43.7 Å². The molecule has 1 N–H and O–H groups in total. The van der Waals surface area contributed by atoms with Gasteiger partial charge in [0.2, 0.25) is 5.91 Å². The first kappa shape index (κ1) is 16.8. The molecule has 0 atom stereocenters. The first-order valence-corrected chi connectivity index (χ1v) is 6.97. The SMILES string of the molecule is C=CC(=O)NCCCN(C)c1ccc(C(=O)OCC)cc1. The van der Waals surface area contributed by atoms with Crippen LogP contribution in [-0.4, -0.2) is 38.6 Å². The zero-order chi connectivity index (χ0) is 15.7. The second-order valence-corrected chi connectivity index (χ2v) is 4.54. The van der Waals surface area contributed by atoms with Crippen LogP contribution in [0.25, 0.3) is 0 Å². The maximum Gasteiger partial charge on any atom is 0.338 e. The normalized spacial score (nSPS) is 9.81. The molecule has 5 heteroatoms. The second kappa shape index (κ2) is 8.79. The second-order valence-electron chi connectivity index (χ2n) is 4.54. The third-order valence-electron chi connectivity index (χ3n) is 2.97. The molecule has 0 bridgehead atoms. The van der Waals surface area contributed by atoms with Crippen molar-refractivity contribution < 1.29 is 14.3 Å². The molecule has 0 saturated heterocycles. The number of anilines is 1. The summed E-state index contributed by atoms with van der Waals surface area (Å²) in [5, 5.41) is 2.73. The quantitative estimate of drug-likeness (QED) is 0.452. The molecule has 0 spiro atoms. The van der Waals surface area contributed by atoms with Gasteiger partial charge in [0.05, 0.1) is 12.2 Å². The standard InChI is InChI=1S/C16H22N2O3/c1-4-15(19)17-11-6-12-18(3)14-9-7-13(8-10-14)16(20)21-5-2/h4,7-10H,1,5-6,11-12H2,2-3H3,(H,17,19). The zero-order valence-corrected chi connectivity index (χ0v) is 12.6. The van der Waals surface area contributed by atoms with Crippen LogP contribution in [0.1, 0.15) is 23.7 Å². The van der Waals surface area contributed by atoms with E-state index in [4.69, 9.17) is 4.74 Å². The highest BCUT2D eigenvalue weighted by Crippen LogP contribution is 2.14. The number of nitrogens with zero attached hydrogens (tertiary/aromatic N) is 1. The van der Waals surface area contributed by atoms with Crippen LogP contribution in [0.15, 0.2) is 36.9 Å². The highest BCUT2D eigenvalue weighted by atomic mass is 16.5. The Morgan fingerprint density at radius 2 is 2.00 bits per heavy atom. The van der Waals surface area contributed by atoms with E-state index >= 15 is 0 Å². The van der Waals surface area contributed by atoms with Crippen LogP contribution in [0.5, 0.6) is 0 Å².